The Morgan fingerprint density at radius 2 is 2.12 bits per heavy atom. The Morgan fingerprint density at radius 1 is 1.29 bits per heavy atom. The highest BCUT2D eigenvalue weighted by Crippen LogP contribution is 2.22. The number of nitrogens with one attached hydrogen (secondary N) is 1. The number of hydrogen-bond acceptors (Lipinski definition) is 3. The van der Waals surface area contributed by atoms with Gasteiger partial charge < -0.3 is 11.1 Å². The minimum Gasteiger partial charge on any atom is -0.399 e. The van der Waals surface area contributed by atoms with Gasteiger partial charge in [-0.05, 0) is 54.1 Å². The quantitative estimate of drug-likeness (QED) is 0.805. The minimum absolute atomic E-state index is 0.818. The lowest BCUT2D eigenvalue weighted by Crippen LogP contribution is -2.01. The highest BCUT2D eigenvalue weighted by atomic mass is 32.1. The Balaban J connectivity index is 2.07. The number of anilines is 2. The lowest BCUT2D eigenvalue weighted by Gasteiger charge is -2.10. The maximum Gasteiger partial charge on any atom is 0.0497 e. The number of benzene rings is 1. The predicted octanol–water partition coefficient (Wildman–Crippen LogP) is 3.81. The van der Waals surface area contributed by atoms with Crippen LogP contribution in [0.1, 0.15) is 22.9 Å². The molecule has 1 aromatic carbocycles. The Morgan fingerprint density at radius 3 is 2.82 bits per heavy atom. The monoisotopic (exact) mass is 246 g/mol. The van der Waals surface area contributed by atoms with Gasteiger partial charge in [0.25, 0.3) is 0 Å². The van der Waals surface area contributed by atoms with Crippen LogP contribution in [0.15, 0.2) is 29.6 Å². The number of nitrogen functional groups attached to an aromatic ring is 1. The fourth-order valence-electron chi connectivity index (χ4n) is 1.90. The summed E-state index contributed by atoms with van der Waals surface area (Å²) in [6.07, 6.45) is 1.10. The summed E-state index contributed by atoms with van der Waals surface area (Å²) in [4.78, 5) is 1.42. The summed E-state index contributed by atoms with van der Waals surface area (Å²) in [5.41, 5.74) is 10.4. The number of rotatable bonds is 4. The Bertz CT molecular complexity index is 503. The Kier molecular flexibility index (Phi) is 3.69. The van der Waals surface area contributed by atoms with E-state index in [1.54, 1.807) is 0 Å². The molecule has 0 spiro atoms. The molecule has 0 saturated carbocycles. The van der Waals surface area contributed by atoms with Crippen LogP contribution < -0.4 is 11.1 Å². The third-order valence-electron chi connectivity index (χ3n) is 2.91. The molecule has 0 atom stereocenters. The molecular formula is C14H18N2S. The molecule has 90 valence electrons. The lowest BCUT2D eigenvalue weighted by atomic mass is 10.1. The summed E-state index contributed by atoms with van der Waals surface area (Å²) < 4.78 is 0. The summed E-state index contributed by atoms with van der Waals surface area (Å²) in [5.74, 6) is 0. The third kappa shape index (κ3) is 2.80. The van der Waals surface area contributed by atoms with E-state index in [1.165, 1.54) is 16.0 Å². The van der Waals surface area contributed by atoms with Gasteiger partial charge in [-0.15, -0.1) is 11.3 Å². The zero-order valence-electron chi connectivity index (χ0n) is 10.3. The van der Waals surface area contributed by atoms with E-state index in [0.717, 1.165) is 24.3 Å². The van der Waals surface area contributed by atoms with Gasteiger partial charge in [-0.2, -0.15) is 0 Å². The topological polar surface area (TPSA) is 38.0 Å². The molecule has 0 fully saturated rings. The smallest absolute Gasteiger partial charge is 0.0497 e. The van der Waals surface area contributed by atoms with Gasteiger partial charge in [0.2, 0.25) is 0 Å². The van der Waals surface area contributed by atoms with Crippen molar-refractivity contribution in [3.8, 4) is 0 Å². The molecule has 1 heterocycles. The van der Waals surface area contributed by atoms with Crippen molar-refractivity contribution < 1.29 is 0 Å². The summed E-state index contributed by atoms with van der Waals surface area (Å²) in [7, 11) is 0. The standard InChI is InChI=1S/C14H18N2S/c1-3-11-6-7-17-14(11)9-16-13-5-4-12(15)8-10(13)2/h4-8,16H,3,9,15H2,1-2H3. The molecule has 0 amide bonds. The molecule has 1 aromatic heterocycles. The highest BCUT2D eigenvalue weighted by Gasteiger charge is 2.03. The molecule has 0 bridgehead atoms. The van der Waals surface area contributed by atoms with Gasteiger partial charge in [-0.1, -0.05) is 6.92 Å². The SMILES string of the molecule is CCc1ccsc1CNc1ccc(N)cc1C. The third-order valence-corrected chi connectivity index (χ3v) is 3.87. The first kappa shape index (κ1) is 12.0. The zero-order valence-corrected chi connectivity index (χ0v) is 11.1. The molecule has 0 aliphatic heterocycles. The first-order chi connectivity index (χ1) is 8.20. The van der Waals surface area contributed by atoms with E-state index in [9.17, 15) is 0 Å². The summed E-state index contributed by atoms with van der Waals surface area (Å²) in [5, 5.41) is 5.63. The molecule has 0 aliphatic carbocycles. The average Bonchev–Trinajstić information content (AvgIpc) is 2.75. The molecule has 0 unspecified atom stereocenters. The van der Waals surface area contributed by atoms with Crippen LogP contribution in [0, 0.1) is 6.92 Å². The van der Waals surface area contributed by atoms with E-state index < -0.39 is 0 Å². The molecule has 2 rings (SSSR count). The van der Waals surface area contributed by atoms with Crippen molar-refractivity contribution >= 4 is 22.7 Å². The second-order valence-corrected chi connectivity index (χ2v) is 5.15. The van der Waals surface area contributed by atoms with Crippen LogP contribution in [-0.4, -0.2) is 0 Å². The van der Waals surface area contributed by atoms with Crippen molar-refractivity contribution in [1.29, 1.82) is 0 Å². The first-order valence-electron chi connectivity index (χ1n) is 5.86. The number of nitrogens with two attached hydrogens (primary N) is 1. The van der Waals surface area contributed by atoms with Gasteiger partial charge in [0.1, 0.15) is 0 Å². The van der Waals surface area contributed by atoms with Crippen LogP contribution in [0.2, 0.25) is 0 Å². The van der Waals surface area contributed by atoms with Crippen LogP contribution in [0.3, 0.4) is 0 Å². The second kappa shape index (κ2) is 5.23. The normalized spacial score (nSPS) is 10.5. The van der Waals surface area contributed by atoms with Gasteiger partial charge in [0.15, 0.2) is 0 Å². The van der Waals surface area contributed by atoms with E-state index in [1.807, 2.05) is 29.5 Å². The summed E-state index contributed by atoms with van der Waals surface area (Å²) in [6.45, 7) is 5.17. The van der Waals surface area contributed by atoms with Gasteiger partial charge in [0, 0.05) is 22.8 Å². The fourth-order valence-corrected chi connectivity index (χ4v) is 2.81. The van der Waals surface area contributed by atoms with E-state index in [4.69, 9.17) is 5.73 Å². The van der Waals surface area contributed by atoms with E-state index in [2.05, 4.69) is 30.6 Å². The molecule has 0 saturated heterocycles. The summed E-state index contributed by atoms with van der Waals surface area (Å²) >= 11 is 1.82. The molecule has 2 aromatic rings. The van der Waals surface area contributed by atoms with Crippen molar-refractivity contribution in [1.82, 2.24) is 0 Å². The second-order valence-electron chi connectivity index (χ2n) is 4.15. The van der Waals surface area contributed by atoms with Crippen molar-refractivity contribution in [3.63, 3.8) is 0 Å². The molecular weight excluding hydrogens is 228 g/mol. The highest BCUT2D eigenvalue weighted by molar-refractivity contribution is 7.10. The van der Waals surface area contributed by atoms with E-state index in [0.29, 0.717) is 0 Å². The molecule has 0 aliphatic rings. The molecule has 0 radical (unpaired) electrons. The molecule has 3 heteroatoms. The van der Waals surface area contributed by atoms with E-state index >= 15 is 0 Å². The van der Waals surface area contributed by atoms with Crippen molar-refractivity contribution in [3.05, 3.63) is 45.6 Å². The number of aryl methyl sites for hydroxylation is 2. The van der Waals surface area contributed by atoms with Crippen LogP contribution in [0.5, 0.6) is 0 Å². The van der Waals surface area contributed by atoms with Crippen LogP contribution >= 0.6 is 11.3 Å². The van der Waals surface area contributed by atoms with Gasteiger partial charge in [0.05, 0.1) is 0 Å². The minimum atomic E-state index is 0.818. The molecule has 2 nitrogen and oxygen atoms in total. The van der Waals surface area contributed by atoms with Gasteiger partial charge in [-0.3, -0.25) is 0 Å². The molecule has 17 heavy (non-hydrogen) atoms. The Hall–Kier alpha value is -1.48. The average molecular weight is 246 g/mol. The molecule has 3 N–H and O–H groups in total. The zero-order chi connectivity index (χ0) is 12.3. The maximum atomic E-state index is 5.74. The largest absolute Gasteiger partial charge is 0.399 e. The van der Waals surface area contributed by atoms with Crippen molar-refractivity contribution in [2.45, 2.75) is 26.8 Å². The van der Waals surface area contributed by atoms with Crippen LogP contribution in [0.25, 0.3) is 0 Å². The lowest BCUT2D eigenvalue weighted by molar-refractivity contribution is 1.08. The Labute approximate surface area is 106 Å². The van der Waals surface area contributed by atoms with Crippen LogP contribution in [0.4, 0.5) is 11.4 Å². The number of thiophene rings is 1. The first-order valence-corrected chi connectivity index (χ1v) is 6.74. The van der Waals surface area contributed by atoms with Crippen molar-refractivity contribution in [2.24, 2.45) is 0 Å². The maximum absolute atomic E-state index is 5.74. The van der Waals surface area contributed by atoms with Gasteiger partial charge >= 0.3 is 0 Å². The van der Waals surface area contributed by atoms with Crippen LogP contribution in [-0.2, 0) is 13.0 Å². The predicted molar refractivity (Wildman–Crippen MR) is 76.6 cm³/mol. The fraction of sp³-hybridized carbons (Fsp3) is 0.286. The summed E-state index contributed by atoms with van der Waals surface area (Å²) in [6, 6.07) is 8.18. The number of hydrogen-bond donors (Lipinski definition) is 2. The van der Waals surface area contributed by atoms with E-state index in [-0.39, 0.29) is 0 Å². The van der Waals surface area contributed by atoms with Gasteiger partial charge in [-0.25, -0.2) is 0 Å². The van der Waals surface area contributed by atoms with Crippen molar-refractivity contribution in [2.75, 3.05) is 11.1 Å².